The molecule has 0 unspecified atom stereocenters. The molecule has 0 fully saturated rings. The molecule has 8 heteroatoms. The number of methoxy groups -OCH3 is 1. The standard InChI is InChI=1S/C25H25N5O3/c1-17-6-4-5-7-23(17)29-24(31)16-33-21-10-8-19(9-11-21)14-27-30-25-22(13-26)20(15-32-3)12-18(2)28-25/h4-12,14H,15-16H2,1-3H3,(H,28,30)(H,29,31)/b27-14+. The minimum Gasteiger partial charge on any atom is -0.484 e. The molecule has 0 aliphatic heterocycles. The van der Waals surface area contributed by atoms with Gasteiger partial charge < -0.3 is 14.8 Å². The molecular formula is C25H25N5O3. The molecule has 168 valence electrons. The smallest absolute Gasteiger partial charge is 0.262 e. The number of carbonyl (C=O) groups excluding carboxylic acids is 1. The molecule has 0 aliphatic rings. The molecule has 2 N–H and O–H groups in total. The van der Waals surface area contributed by atoms with Gasteiger partial charge in [0, 0.05) is 24.1 Å². The first-order valence-corrected chi connectivity index (χ1v) is 10.3. The van der Waals surface area contributed by atoms with Crippen molar-refractivity contribution in [3.63, 3.8) is 0 Å². The summed E-state index contributed by atoms with van der Waals surface area (Å²) in [6, 6.07) is 18.7. The SMILES string of the molecule is COCc1cc(C)nc(N/N=C/c2ccc(OCC(=O)Nc3ccccc3C)cc2)c1C#N. The molecular weight excluding hydrogens is 418 g/mol. The largest absolute Gasteiger partial charge is 0.484 e. The van der Waals surface area contributed by atoms with Crippen LogP contribution in [-0.2, 0) is 16.1 Å². The van der Waals surface area contributed by atoms with Gasteiger partial charge in [-0.2, -0.15) is 10.4 Å². The zero-order chi connectivity index (χ0) is 23.6. The molecule has 33 heavy (non-hydrogen) atoms. The first-order chi connectivity index (χ1) is 16.0. The maximum Gasteiger partial charge on any atom is 0.262 e. The van der Waals surface area contributed by atoms with E-state index in [9.17, 15) is 10.1 Å². The van der Waals surface area contributed by atoms with Crippen LogP contribution in [-0.4, -0.2) is 30.8 Å². The number of rotatable bonds is 9. The van der Waals surface area contributed by atoms with Gasteiger partial charge >= 0.3 is 0 Å². The van der Waals surface area contributed by atoms with Crippen LogP contribution in [0, 0.1) is 25.2 Å². The fourth-order valence-corrected chi connectivity index (χ4v) is 3.08. The normalized spacial score (nSPS) is 10.6. The fourth-order valence-electron chi connectivity index (χ4n) is 3.08. The highest BCUT2D eigenvalue weighted by molar-refractivity contribution is 5.92. The third kappa shape index (κ3) is 6.63. The Morgan fingerprint density at radius 3 is 2.64 bits per heavy atom. The average molecular weight is 444 g/mol. The van der Waals surface area contributed by atoms with Crippen molar-refractivity contribution in [2.75, 3.05) is 24.5 Å². The molecule has 0 saturated carbocycles. The number of nitrogens with zero attached hydrogens (tertiary/aromatic N) is 3. The summed E-state index contributed by atoms with van der Waals surface area (Å²) >= 11 is 0. The van der Waals surface area contributed by atoms with Crippen LogP contribution in [0.4, 0.5) is 11.5 Å². The number of hydrazone groups is 1. The number of hydrogen-bond acceptors (Lipinski definition) is 7. The number of nitriles is 1. The molecule has 0 spiro atoms. The van der Waals surface area contributed by atoms with Crippen molar-refractivity contribution in [1.82, 2.24) is 4.98 Å². The van der Waals surface area contributed by atoms with Crippen LogP contribution < -0.4 is 15.5 Å². The summed E-state index contributed by atoms with van der Waals surface area (Å²) in [5, 5.41) is 16.5. The Hall–Kier alpha value is -4.22. The third-order valence-electron chi connectivity index (χ3n) is 4.69. The predicted octanol–water partition coefficient (Wildman–Crippen LogP) is 4.18. The first kappa shape index (κ1) is 23.4. The number of carbonyl (C=O) groups is 1. The molecule has 3 aromatic rings. The van der Waals surface area contributed by atoms with E-state index in [0.717, 1.165) is 28.1 Å². The Bertz CT molecular complexity index is 1180. The van der Waals surface area contributed by atoms with E-state index in [1.54, 1.807) is 25.5 Å². The molecule has 1 heterocycles. The summed E-state index contributed by atoms with van der Waals surface area (Å²) < 4.78 is 10.7. The van der Waals surface area contributed by atoms with Gasteiger partial charge in [-0.05, 0) is 61.4 Å². The van der Waals surface area contributed by atoms with Crippen LogP contribution in [0.1, 0.15) is 27.9 Å². The van der Waals surface area contributed by atoms with Gasteiger partial charge in [-0.1, -0.05) is 18.2 Å². The zero-order valence-electron chi connectivity index (χ0n) is 18.8. The number of anilines is 2. The van der Waals surface area contributed by atoms with E-state index in [2.05, 4.69) is 26.9 Å². The lowest BCUT2D eigenvalue weighted by Crippen LogP contribution is -2.20. The third-order valence-corrected chi connectivity index (χ3v) is 4.69. The quantitative estimate of drug-likeness (QED) is 0.379. The van der Waals surface area contributed by atoms with Crippen LogP contribution in [0.3, 0.4) is 0 Å². The van der Waals surface area contributed by atoms with Gasteiger partial charge in [0.05, 0.1) is 12.8 Å². The summed E-state index contributed by atoms with van der Waals surface area (Å²) in [6.45, 7) is 3.99. The van der Waals surface area contributed by atoms with Gasteiger partial charge in [0.25, 0.3) is 5.91 Å². The Balaban J connectivity index is 1.56. The molecule has 1 aromatic heterocycles. The van der Waals surface area contributed by atoms with E-state index in [1.165, 1.54) is 0 Å². The molecule has 8 nitrogen and oxygen atoms in total. The van der Waals surface area contributed by atoms with Crippen molar-refractivity contribution in [3.05, 3.63) is 82.5 Å². The van der Waals surface area contributed by atoms with Gasteiger partial charge in [-0.3, -0.25) is 10.2 Å². The van der Waals surface area contributed by atoms with E-state index in [-0.39, 0.29) is 12.5 Å². The van der Waals surface area contributed by atoms with Gasteiger partial charge in [-0.25, -0.2) is 4.98 Å². The lowest BCUT2D eigenvalue weighted by Gasteiger charge is -2.10. The van der Waals surface area contributed by atoms with E-state index in [4.69, 9.17) is 9.47 Å². The Morgan fingerprint density at radius 1 is 1.18 bits per heavy atom. The highest BCUT2D eigenvalue weighted by atomic mass is 16.5. The highest BCUT2D eigenvalue weighted by Crippen LogP contribution is 2.19. The minimum absolute atomic E-state index is 0.0941. The second kappa shape index (κ2) is 11.4. The first-order valence-electron chi connectivity index (χ1n) is 10.3. The van der Waals surface area contributed by atoms with Gasteiger partial charge in [0.2, 0.25) is 0 Å². The Kier molecular flexibility index (Phi) is 8.11. The lowest BCUT2D eigenvalue weighted by atomic mass is 10.1. The average Bonchev–Trinajstić information content (AvgIpc) is 2.80. The van der Waals surface area contributed by atoms with Crippen molar-refractivity contribution in [3.8, 4) is 11.8 Å². The fraction of sp³-hybridized carbons (Fsp3) is 0.200. The van der Waals surface area contributed by atoms with Crippen molar-refractivity contribution < 1.29 is 14.3 Å². The maximum absolute atomic E-state index is 12.1. The summed E-state index contributed by atoms with van der Waals surface area (Å²) in [6.07, 6.45) is 1.61. The maximum atomic E-state index is 12.1. The number of ether oxygens (including phenoxy) is 2. The monoisotopic (exact) mass is 443 g/mol. The number of aryl methyl sites for hydroxylation is 2. The second-order valence-electron chi connectivity index (χ2n) is 7.28. The molecule has 2 aromatic carbocycles. The molecule has 0 radical (unpaired) electrons. The number of nitrogens with one attached hydrogen (secondary N) is 2. The molecule has 0 aliphatic carbocycles. The van der Waals surface area contributed by atoms with Crippen molar-refractivity contribution in [2.24, 2.45) is 5.10 Å². The number of benzene rings is 2. The number of para-hydroxylation sites is 1. The summed E-state index contributed by atoms with van der Waals surface area (Å²) in [5.74, 6) is 0.711. The molecule has 0 atom stereocenters. The molecule has 1 amide bonds. The van der Waals surface area contributed by atoms with Crippen molar-refractivity contribution in [2.45, 2.75) is 20.5 Å². The lowest BCUT2D eigenvalue weighted by molar-refractivity contribution is -0.118. The molecule has 3 rings (SSSR count). The summed E-state index contributed by atoms with van der Waals surface area (Å²) in [5.41, 5.74) is 7.29. The Morgan fingerprint density at radius 2 is 1.94 bits per heavy atom. The number of hydrogen-bond donors (Lipinski definition) is 2. The van der Waals surface area contributed by atoms with Crippen molar-refractivity contribution in [1.29, 1.82) is 5.26 Å². The van der Waals surface area contributed by atoms with E-state index < -0.39 is 0 Å². The van der Waals surface area contributed by atoms with E-state index in [1.807, 2.05) is 56.3 Å². The highest BCUT2D eigenvalue weighted by Gasteiger charge is 2.11. The second-order valence-corrected chi connectivity index (χ2v) is 7.28. The van der Waals surface area contributed by atoms with Gasteiger partial charge in [-0.15, -0.1) is 0 Å². The van der Waals surface area contributed by atoms with Crippen LogP contribution in [0.15, 0.2) is 59.7 Å². The van der Waals surface area contributed by atoms with Crippen LogP contribution in [0.2, 0.25) is 0 Å². The zero-order valence-corrected chi connectivity index (χ0v) is 18.8. The minimum atomic E-state index is -0.231. The molecule has 0 bridgehead atoms. The van der Waals surface area contributed by atoms with Crippen molar-refractivity contribution >= 4 is 23.6 Å². The van der Waals surface area contributed by atoms with E-state index >= 15 is 0 Å². The molecule has 0 saturated heterocycles. The van der Waals surface area contributed by atoms with Crippen LogP contribution in [0.5, 0.6) is 5.75 Å². The van der Waals surface area contributed by atoms with E-state index in [0.29, 0.717) is 23.7 Å². The predicted molar refractivity (Wildman–Crippen MR) is 127 cm³/mol. The number of pyridine rings is 1. The summed E-state index contributed by atoms with van der Waals surface area (Å²) in [7, 11) is 1.58. The number of amides is 1. The van der Waals surface area contributed by atoms with Crippen LogP contribution >= 0.6 is 0 Å². The van der Waals surface area contributed by atoms with Gasteiger partial charge in [0.15, 0.2) is 12.4 Å². The topological polar surface area (TPSA) is 109 Å². The summed E-state index contributed by atoms with van der Waals surface area (Å²) in [4.78, 5) is 16.5. The van der Waals surface area contributed by atoms with Crippen LogP contribution in [0.25, 0.3) is 0 Å². The van der Waals surface area contributed by atoms with Gasteiger partial charge in [0.1, 0.15) is 17.4 Å². The number of aromatic nitrogens is 1. The Labute approximate surface area is 192 Å².